The van der Waals surface area contributed by atoms with Gasteiger partial charge in [-0.1, -0.05) is 30.3 Å². The van der Waals surface area contributed by atoms with E-state index in [1.54, 1.807) is 7.05 Å². The quantitative estimate of drug-likeness (QED) is 0.812. The first-order valence-corrected chi connectivity index (χ1v) is 6.76. The lowest BCUT2D eigenvalue weighted by Crippen LogP contribution is -2.36. The first-order valence-electron chi connectivity index (χ1n) is 6.76. The van der Waals surface area contributed by atoms with E-state index in [-0.39, 0.29) is 18.3 Å². The van der Waals surface area contributed by atoms with Gasteiger partial charge in [0, 0.05) is 19.8 Å². The molecule has 1 aromatic carbocycles. The average molecular weight is 302 g/mol. The number of carbonyl (C=O) groups is 2. The Morgan fingerprint density at radius 1 is 1.23 bits per heavy atom. The highest BCUT2D eigenvalue weighted by Gasteiger charge is 2.16. The van der Waals surface area contributed by atoms with Crippen LogP contribution in [0.1, 0.15) is 15.9 Å². The molecule has 0 unspecified atom stereocenters. The lowest BCUT2D eigenvalue weighted by Gasteiger charge is -2.07. The SMILES string of the molecule is COc1nn(C)cc1C(=O)NCC(=O)NCc1ccccc1. The van der Waals surface area contributed by atoms with E-state index in [9.17, 15) is 9.59 Å². The summed E-state index contributed by atoms with van der Waals surface area (Å²) < 4.78 is 6.48. The average Bonchev–Trinajstić information content (AvgIpc) is 2.92. The maximum Gasteiger partial charge on any atom is 0.258 e. The zero-order valence-electron chi connectivity index (χ0n) is 12.5. The molecule has 0 aliphatic heterocycles. The Bertz CT molecular complexity index is 652. The molecular weight excluding hydrogens is 284 g/mol. The fourth-order valence-electron chi connectivity index (χ4n) is 1.89. The fraction of sp³-hybridized carbons (Fsp3) is 0.267. The summed E-state index contributed by atoms with van der Waals surface area (Å²) in [7, 11) is 3.12. The van der Waals surface area contributed by atoms with Gasteiger partial charge in [0.25, 0.3) is 5.91 Å². The van der Waals surface area contributed by atoms with Crippen LogP contribution in [-0.2, 0) is 18.4 Å². The van der Waals surface area contributed by atoms with Crippen molar-refractivity contribution in [1.29, 1.82) is 0 Å². The minimum Gasteiger partial charge on any atom is -0.479 e. The highest BCUT2D eigenvalue weighted by atomic mass is 16.5. The van der Waals surface area contributed by atoms with Crippen molar-refractivity contribution in [1.82, 2.24) is 20.4 Å². The summed E-state index contributed by atoms with van der Waals surface area (Å²) in [4.78, 5) is 23.7. The molecule has 1 heterocycles. The summed E-state index contributed by atoms with van der Waals surface area (Å²) in [5.41, 5.74) is 1.29. The van der Waals surface area contributed by atoms with Gasteiger partial charge < -0.3 is 15.4 Å². The van der Waals surface area contributed by atoms with Crippen LogP contribution in [0, 0.1) is 0 Å². The number of carbonyl (C=O) groups excluding carboxylic acids is 2. The Kier molecular flexibility index (Phi) is 5.13. The smallest absolute Gasteiger partial charge is 0.258 e. The van der Waals surface area contributed by atoms with Gasteiger partial charge >= 0.3 is 0 Å². The molecule has 0 aliphatic carbocycles. The zero-order chi connectivity index (χ0) is 15.9. The second-order valence-corrected chi connectivity index (χ2v) is 4.67. The van der Waals surface area contributed by atoms with Gasteiger partial charge in [0.1, 0.15) is 5.56 Å². The van der Waals surface area contributed by atoms with Crippen molar-refractivity contribution in [2.75, 3.05) is 13.7 Å². The topological polar surface area (TPSA) is 85.2 Å². The molecule has 0 atom stereocenters. The highest BCUT2D eigenvalue weighted by Crippen LogP contribution is 2.13. The van der Waals surface area contributed by atoms with Crippen molar-refractivity contribution in [2.24, 2.45) is 7.05 Å². The van der Waals surface area contributed by atoms with Crippen LogP contribution in [0.25, 0.3) is 0 Å². The van der Waals surface area contributed by atoms with Crippen LogP contribution in [0.2, 0.25) is 0 Å². The number of rotatable bonds is 6. The Hall–Kier alpha value is -2.83. The molecule has 2 aromatic rings. The van der Waals surface area contributed by atoms with Crippen molar-refractivity contribution >= 4 is 11.8 Å². The van der Waals surface area contributed by atoms with Crippen molar-refractivity contribution < 1.29 is 14.3 Å². The Labute approximate surface area is 128 Å². The predicted octanol–water partition coefficient (Wildman–Crippen LogP) is 0.475. The number of amides is 2. The third-order valence-electron chi connectivity index (χ3n) is 2.97. The number of aryl methyl sites for hydroxylation is 1. The zero-order valence-corrected chi connectivity index (χ0v) is 12.5. The van der Waals surface area contributed by atoms with Gasteiger partial charge in [-0.2, -0.15) is 0 Å². The van der Waals surface area contributed by atoms with Gasteiger partial charge in [-0.05, 0) is 5.56 Å². The van der Waals surface area contributed by atoms with Gasteiger partial charge in [-0.15, -0.1) is 5.10 Å². The number of hydrogen-bond acceptors (Lipinski definition) is 4. The maximum atomic E-state index is 12.0. The largest absolute Gasteiger partial charge is 0.479 e. The Morgan fingerprint density at radius 2 is 1.95 bits per heavy atom. The van der Waals surface area contributed by atoms with Crippen molar-refractivity contribution in [3.8, 4) is 5.88 Å². The van der Waals surface area contributed by atoms with Crippen molar-refractivity contribution in [2.45, 2.75) is 6.54 Å². The van der Waals surface area contributed by atoms with Crippen LogP contribution in [-0.4, -0.2) is 35.2 Å². The molecule has 0 aliphatic rings. The number of aromatic nitrogens is 2. The maximum absolute atomic E-state index is 12.0. The van der Waals surface area contributed by atoms with Crippen LogP contribution in [0.3, 0.4) is 0 Å². The van der Waals surface area contributed by atoms with Gasteiger partial charge in [0.05, 0.1) is 13.7 Å². The summed E-state index contributed by atoms with van der Waals surface area (Å²) in [5.74, 6) is -0.440. The second-order valence-electron chi connectivity index (χ2n) is 4.67. The van der Waals surface area contributed by atoms with Crippen LogP contribution in [0.5, 0.6) is 5.88 Å². The minimum atomic E-state index is -0.403. The normalized spacial score (nSPS) is 10.1. The van der Waals surface area contributed by atoms with E-state index in [0.29, 0.717) is 12.1 Å². The van der Waals surface area contributed by atoms with E-state index in [1.165, 1.54) is 18.0 Å². The molecule has 1 aromatic heterocycles. The molecule has 0 bridgehead atoms. The van der Waals surface area contributed by atoms with Crippen LogP contribution in [0.15, 0.2) is 36.5 Å². The Balaban J connectivity index is 1.81. The third-order valence-corrected chi connectivity index (χ3v) is 2.97. The van der Waals surface area contributed by atoms with E-state index < -0.39 is 5.91 Å². The van der Waals surface area contributed by atoms with Crippen molar-refractivity contribution in [3.05, 3.63) is 47.7 Å². The first kappa shape index (κ1) is 15.6. The Morgan fingerprint density at radius 3 is 2.64 bits per heavy atom. The molecule has 2 N–H and O–H groups in total. The molecule has 116 valence electrons. The summed E-state index contributed by atoms with van der Waals surface area (Å²) in [5, 5.41) is 9.26. The first-order chi connectivity index (χ1) is 10.6. The number of benzene rings is 1. The molecule has 0 saturated carbocycles. The molecule has 0 radical (unpaired) electrons. The third kappa shape index (κ3) is 4.08. The van der Waals surface area contributed by atoms with E-state index >= 15 is 0 Å². The van der Waals surface area contributed by atoms with E-state index in [2.05, 4.69) is 15.7 Å². The summed E-state index contributed by atoms with van der Waals surface area (Å²) >= 11 is 0. The van der Waals surface area contributed by atoms with Crippen LogP contribution < -0.4 is 15.4 Å². The number of methoxy groups -OCH3 is 1. The molecule has 0 spiro atoms. The summed E-state index contributed by atoms with van der Waals surface area (Å²) in [6.07, 6.45) is 1.54. The molecular formula is C15H18N4O3. The summed E-state index contributed by atoms with van der Waals surface area (Å²) in [6.45, 7) is 0.315. The van der Waals surface area contributed by atoms with E-state index in [1.807, 2.05) is 30.3 Å². The van der Waals surface area contributed by atoms with E-state index in [4.69, 9.17) is 4.74 Å². The lowest BCUT2D eigenvalue weighted by atomic mass is 10.2. The van der Waals surface area contributed by atoms with E-state index in [0.717, 1.165) is 5.56 Å². The van der Waals surface area contributed by atoms with Gasteiger partial charge in [0.2, 0.25) is 11.8 Å². The number of nitrogens with one attached hydrogen (secondary N) is 2. The van der Waals surface area contributed by atoms with Gasteiger partial charge in [-0.3, -0.25) is 14.3 Å². The molecule has 7 nitrogen and oxygen atoms in total. The lowest BCUT2D eigenvalue weighted by molar-refractivity contribution is -0.120. The van der Waals surface area contributed by atoms with Crippen LogP contribution >= 0.6 is 0 Å². The van der Waals surface area contributed by atoms with Gasteiger partial charge in [0.15, 0.2) is 0 Å². The number of ether oxygens (including phenoxy) is 1. The molecule has 2 amide bonds. The molecule has 2 rings (SSSR count). The second kappa shape index (κ2) is 7.26. The molecule has 0 saturated heterocycles. The monoisotopic (exact) mass is 302 g/mol. The van der Waals surface area contributed by atoms with Gasteiger partial charge in [-0.25, -0.2) is 0 Å². The fourth-order valence-corrected chi connectivity index (χ4v) is 1.89. The molecule has 7 heteroatoms. The molecule has 0 fully saturated rings. The number of nitrogens with zero attached hydrogens (tertiary/aromatic N) is 2. The summed E-state index contributed by atoms with van der Waals surface area (Å²) in [6, 6.07) is 9.54. The minimum absolute atomic E-state index is 0.107. The van der Waals surface area contributed by atoms with Crippen molar-refractivity contribution in [3.63, 3.8) is 0 Å². The predicted molar refractivity (Wildman–Crippen MR) is 80.4 cm³/mol. The van der Waals surface area contributed by atoms with Crippen LogP contribution in [0.4, 0.5) is 0 Å². The highest BCUT2D eigenvalue weighted by molar-refractivity contribution is 5.98. The standard InChI is InChI=1S/C15H18N4O3/c1-19-10-12(15(18-19)22-2)14(21)17-9-13(20)16-8-11-6-4-3-5-7-11/h3-7,10H,8-9H2,1-2H3,(H,16,20)(H,17,21). The number of hydrogen-bond donors (Lipinski definition) is 2. The molecule has 22 heavy (non-hydrogen) atoms.